The molecule has 1 aliphatic heterocycles. The first-order chi connectivity index (χ1) is 13.7. The highest BCUT2D eigenvalue weighted by Gasteiger charge is 2.29. The number of hydrogen-bond donors (Lipinski definition) is 0. The lowest BCUT2D eigenvalue weighted by atomic mass is 9.94. The van der Waals surface area contributed by atoms with Crippen molar-refractivity contribution in [3.8, 4) is 11.6 Å². The number of carbonyl (C=O) groups excluding carboxylic acids is 1. The Labute approximate surface area is 162 Å². The van der Waals surface area contributed by atoms with Gasteiger partial charge in [-0.05, 0) is 37.1 Å². The number of likely N-dealkylation sites (tertiary alicyclic amines) is 1. The van der Waals surface area contributed by atoms with E-state index in [2.05, 4.69) is 15.0 Å². The van der Waals surface area contributed by atoms with Gasteiger partial charge in [-0.2, -0.15) is 0 Å². The minimum absolute atomic E-state index is 0.0372. The number of hydrogen-bond acceptors (Lipinski definition) is 5. The highest BCUT2D eigenvalue weighted by Crippen LogP contribution is 2.33. The number of nitrogens with zero attached hydrogens (tertiary/aromatic N) is 4. The van der Waals surface area contributed by atoms with E-state index < -0.39 is 5.82 Å². The maximum Gasteiger partial charge on any atom is 0.255 e. The number of ether oxygens (including phenoxy) is 1. The highest BCUT2D eigenvalue weighted by molar-refractivity contribution is 5.94. The fraction of sp³-hybridized carbons (Fsp3) is 0.238. The van der Waals surface area contributed by atoms with Crippen LogP contribution in [0.4, 0.5) is 4.39 Å². The summed E-state index contributed by atoms with van der Waals surface area (Å²) in [5, 5.41) is 0. The summed E-state index contributed by atoms with van der Waals surface area (Å²) in [5.41, 5.74) is 1.19. The summed E-state index contributed by atoms with van der Waals surface area (Å²) >= 11 is 0. The number of aromatic nitrogens is 3. The molecule has 28 heavy (non-hydrogen) atoms. The van der Waals surface area contributed by atoms with Crippen LogP contribution in [0.2, 0.25) is 0 Å². The molecule has 142 valence electrons. The van der Waals surface area contributed by atoms with Crippen LogP contribution in [-0.2, 0) is 0 Å². The summed E-state index contributed by atoms with van der Waals surface area (Å²) in [7, 11) is 0. The van der Waals surface area contributed by atoms with E-state index in [-0.39, 0.29) is 23.5 Å². The molecular formula is C21H19FN4O2. The van der Waals surface area contributed by atoms with E-state index in [0.717, 1.165) is 12.8 Å². The Morgan fingerprint density at radius 1 is 1.11 bits per heavy atom. The van der Waals surface area contributed by atoms with E-state index in [1.165, 1.54) is 12.3 Å². The largest absolute Gasteiger partial charge is 0.434 e. The molecule has 1 amide bonds. The van der Waals surface area contributed by atoms with Crippen LogP contribution >= 0.6 is 0 Å². The minimum atomic E-state index is -0.462. The van der Waals surface area contributed by atoms with Crippen molar-refractivity contribution < 1.29 is 13.9 Å². The second-order valence-corrected chi connectivity index (χ2v) is 6.61. The number of pyridine rings is 1. The molecule has 7 heteroatoms. The van der Waals surface area contributed by atoms with Crippen molar-refractivity contribution in [2.45, 2.75) is 18.8 Å². The van der Waals surface area contributed by atoms with Crippen LogP contribution in [-0.4, -0.2) is 38.8 Å². The lowest BCUT2D eigenvalue weighted by Gasteiger charge is -2.32. The molecule has 0 unspecified atom stereocenters. The Bertz CT molecular complexity index is 967. The van der Waals surface area contributed by atoms with E-state index in [1.54, 1.807) is 53.8 Å². The highest BCUT2D eigenvalue weighted by atomic mass is 19.1. The fourth-order valence-corrected chi connectivity index (χ4v) is 3.38. The van der Waals surface area contributed by atoms with Gasteiger partial charge in [0.05, 0.1) is 5.56 Å². The second-order valence-electron chi connectivity index (χ2n) is 6.61. The SMILES string of the molecule is O=C(c1cccnc1)N1CCC[C@@H](c2nccnc2Oc2ccccc2F)C1. The molecule has 1 aliphatic rings. The van der Waals surface area contributed by atoms with E-state index in [1.807, 2.05) is 0 Å². The molecule has 2 aromatic heterocycles. The van der Waals surface area contributed by atoms with E-state index in [0.29, 0.717) is 24.3 Å². The normalized spacial score (nSPS) is 16.6. The summed E-state index contributed by atoms with van der Waals surface area (Å²) in [6.45, 7) is 1.17. The maximum atomic E-state index is 14.0. The molecule has 0 N–H and O–H groups in total. The van der Waals surface area contributed by atoms with E-state index in [9.17, 15) is 9.18 Å². The molecule has 0 spiro atoms. The Morgan fingerprint density at radius 2 is 1.96 bits per heavy atom. The van der Waals surface area contributed by atoms with Crippen LogP contribution in [0.15, 0.2) is 61.2 Å². The first-order valence-corrected chi connectivity index (χ1v) is 9.15. The molecule has 0 saturated carbocycles. The molecule has 4 rings (SSSR count). The predicted molar refractivity (Wildman–Crippen MR) is 101 cm³/mol. The van der Waals surface area contributed by atoms with Crippen LogP contribution < -0.4 is 4.74 Å². The average Bonchev–Trinajstić information content (AvgIpc) is 2.76. The van der Waals surface area contributed by atoms with Crippen molar-refractivity contribution in [2.24, 2.45) is 0 Å². The third kappa shape index (κ3) is 3.83. The van der Waals surface area contributed by atoms with Gasteiger partial charge in [0.1, 0.15) is 5.69 Å². The van der Waals surface area contributed by atoms with Gasteiger partial charge in [0.25, 0.3) is 5.91 Å². The molecule has 6 nitrogen and oxygen atoms in total. The molecule has 1 aromatic carbocycles. The van der Waals surface area contributed by atoms with Crippen molar-refractivity contribution >= 4 is 5.91 Å². The van der Waals surface area contributed by atoms with Crippen molar-refractivity contribution in [1.29, 1.82) is 0 Å². The maximum absolute atomic E-state index is 14.0. The number of benzene rings is 1. The van der Waals surface area contributed by atoms with Crippen LogP contribution in [0.3, 0.4) is 0 Å². The topological polar surface area (TPSA) is 68.2 Å². The van der Waals surface area contributed by atoms with Gasteiger partial charge in [0.2, 0.25) is 5.88 Å². The standard InChI is InChI=1S/C21H19FN4O2/c22-17-7-1-2-8-18(17)28-20-19(24-10-11-25-20)16-6-4-12-26(14-16)21(27)15-5-3-9-23-13-15/h1-3,5,7-11,13,16H,4,6,12,14H2/t16-/m1/s1. The van der Waals surface area contributed by atoms with Crippen molar-refractivity contribution in [3.05, 3.63) is 78.3 Å². The molecular weight excluding hydrogens is 359 g/mol. The summed E-state index contributed by atoms with van der Waals surface area (Å²) < 4.78 is 19.7. The molecule has 1 atom stereocenters. The molecule has 0 aliphatic carbocycles. The Kier molecular flexibility index (Phi) is 5.23. The van der Waals surface area contributed by atoms with E-state index >= 15 is 0 Å². The molecule has 1 fully saturated rings. The first-order valence-electron chi connectivity index (χ1n) is 9.15. The van der Waals surface area contributed by atoms with Gasteiger partial charge < -0.3 is 9.64 Å². The van der Waals surface area contributed by atoms with Crippen LogP contribution in [0.25, 0.3) is 0 Å². The van der Waals surface area contributed by atoms with Gasteiger partial charge in [-0.3, -0.25) is 14.8 Å². The van der Waals surface area contributed by atoms with Gasteiger partial charge in [-0.15, -0.1) is 0 Å². The number of amides is 1. The molecule has 0 bridgehead atoms. The first kappa shape index (κ1) is 18.0. The average molecular weight is 378 g/mol. The molecule has 1 saturated heterocycles. The minimum Gasteiger partial charge on any atom is -0.434 e. The van der Waals surface area contributed by atoms with Gasteiger partial charge >= 0.3 is 0 Å². The number of piperidine rings is 1. The predicted octanol–water partition coefficient (Wildman–Crippen LogP) is 3.82. The van der Waals surface area contributed by atoms with E-state index in [4.69, 9.17) is 4.74 Å². The lowest BCUT2D eigenvalue weighted by molar-refractivity contribution is 0.0704. The Hall–Kier alpha value is -3.35. The molecule has 0 radical (unpaired) electrons. The molecule has 3 aromatic rings. The van der Waals surface area contributed by atoms with Gasteiger partial charge in [-0.1, -0.05) is 12.1 Å². The van der Waals surface area contributed by atoms with Crippen LogP contribution in [0.1, 0.15) is 34.8 Å². The van der Waals surface area contributed by atoms with Gasteiger partial charge in [0, 0.05) is 43.8 Å². The summed E-state index contributed by atoms with van der Waals surface area (Å²) in [6, 6.07) is 9.69. The third-order valence-corrected chi connectivity index (χ3v) is 4.74. The summed E-state index contributed by atoms with van der Waals surface area (Å²) in [5.74, 6) is -0.184. The number of carbonyl (C=O) groups is 1. The fourth-order valence-electron chi connectivity index (χ4n) is 3.38. The Balaban J connectivity index is 1.56. The number of para-hydroxylation sites is 1. The van der Waals surface area contributed by atoms with Crippen molar-refractivity contribution in [3.63, 3.8) is 0 Å². The van der Waals surface area contributed by atoms with Crippen LogP contribution in [0, 0.1) is 5.82 Å². The zero-order valence-electron chi connectivity index (χ0n) is 15.2. The van der Waals surface area contributed by atoms with Gasteiger partial charge in [-0.25, -0.2) is 9.37 Å². The summed E-state index contributed by atoms with van der Waals surface area (Å²) in [4.78, 5) is 27.3. The summed E-state index contributed by atoms with van der Waals surface area (Å²) in [6.07, 6.45) is 8.00. The zero-order chi connectivity index (χ0) is 19.3. The van der Waals surface area contributed by atoms with Gasteiger partial charge in [0.15, 0.2) is 11.6 Å². The third-order valence-electron chi connectivity index (χ3n) is 4.74. The second kappa shape index (κ2) is 8.12. The quantitative estimate of drug-likeness (QED) is 0.690. The monoisotopic (exact) mass is 378 g/mol. The smallest absolute Gasteiger partial charge is 0.255 e. The lowest BCUT2D eigenvalue weighted by Crippen LogP contribution is -2.39. The van der Waals surface area contributed by atoms with Crippen molar-refractivity contribution in [2.75, 3.05) is 13.1 Å². The zero-order valence-corrected chi connectivity index (χ0v) is 15.2. The number of rotatable bonds is 4. The van der Waals surface area contributed by atoms with Crippen LogP contribution in [0.5, 0.6) is 11.6 Å². The van der Waals surface area contributed by atoms with Crippen molar-refractivity contribution in [1.82, 2.24) is 19.9 Å². The molecule has 3 heterocycles. The Morgan fingerprint density at radius 3 is 2.79 bits per heavy atom. The number of halogens is 1.